The minimum atomic E-state index is 0.500. The van der Waals surface area contributed by atoms with Crippen molar-refractivity contribution in [2.45, 2.75) is 19.4 Å². The zero-order chi connectivity index (χ0) is 5.98. The van der Waals surface area contributed by atoms with E-state index in [-0.39, 0.29) is 0 Å². The van der Waals surface area contributed by atoms with Gasteiger partial charge in [0.2, 0.25) is 0 Å². The summed E-state index contributed by atoms with van der Waals surface area (Å²) in [5.41, 5.74) is 0. The maximum atomic E-state index is 8.24. The van der Waals surface area contributed by atoms with Gasteiger partial charge in [0.05, 0.1) is 12.5 Å². The van der Waals surface area contributed by atoms with Crippen molar-refractivity contribution in [1.82, 2.24) is 4.90 Å². The summed E-state index contributed by atoms with van der Waals surface area (Å²) in [5.74, 6) is 0. The van der Waals surface area contributed by atoms with E-state index in [4.69, 9.17) is 5.26 Å². The summed E-state index contributed by atoms with van der Waals surface area (Å²) in [7, 11) is 0. The van der Waals surface area contributed by atoms with Crippen molar-refractivity contribution in [2.24, 2.45) is 0 Å². The van der Waals surface area contributed by atoms with Gasteiger partial charge in [-0.15, -0.1) is 0 Å². The summed E-state index contributed by atoms with van der Waals surface area (Å²) >= 11 is 0. The van der Waals surface area contributed by atoms with Crippen molar-refractivity contribution in [2.75, 3.05) is 13.1 Å². The highest BCUT2D eigenvalue weighted by Gasteiger charge is 2.22. The molecular weight excluding hydrogens is 100 g/mol. The lowest BCUT2D eigenvalue weighted by Gasteiger charge is -2.04. The van der Waals surface area contributed by atoms with Crippen LogP contribution in [0.5, 0.6) is 0 Å². The van der Waals surface area contributed by atoms with Crippen LogP contribution >= 0.6 is 0 Å². The summed E-state index contributed by atoms with van der Waals surface area (Å²) in [6.07, 6.45) is 0.681. The number of hydrogen-bond acceptors (Lipinski definition) is 2. The fraction of sp³-hybridized carbons (Fsp3) is 0.833. The van der Waals surface area contributed by atoms with Gasteiger partial charge in [0, 0.05) is 19.1 Å². The molecule has 1 fully saturated rings. The van der Waals surface area contributed by atoms with Crippen LogP contribution < -0.4 is 0 Å². The molecule has 0 aromatic carbocycles. The Morgan fingerprint density at radius 3 is 2.75 bits per heavy atom. The maximum absolute atomic E-state index is 8.24. The molecule has 0 amide bonds. The summed E-state index contributed by atoms with van der Waals surface area (Å²) in [6, 6.07) is 2.65. The van der Waals surface area contributed by atoms with E-state index in [0.29, 0.717) is 12.5 Å². The molecule has 44 valence electrons. The average molecular weight is 110 g/mol. The Bertz CT molecular complexity index is 110. The van der Waals surface area contributed by atoms with E-state index in [1.165, 1.54) is 13.1 Å². The van der Waals surface area contributed by atoms with Crippen LogP contribution in [0.25, 0.3) is 0 Å². The van der Waals surface area contributed by atoms with E-state index in [2.05, 4.69) is 17.9 Å². The molecule has 0 N–H and O–H groups in total. The maximum Gasteiger partial charge on any atom is 0.0638 e. The summed E-state index contributed by atoms with van der Waals surface area (Å²) in [5, 5.41) is 8.24. The molecule has 0 aliphatic carbocycles. The standard InChI is InChI=1S/C6H10N2/c1-6(2-3-7)8-4-5-8/h6H,2,4-5H2,1H3/t6-/m1/s1. The second-order valence-corrected chi connectivity index (χ2v) is 2.25. The van der Waals surface area contributed by atoms with Crippen LogP contribution in [-0.2, 0) is 0 Å². The second-order valence-electron chi connectivity index (χ2n) is 2.25. The van der Waals surface area contributed by atoms with Gasteiger partial charge in [-0.3, -0.25) is 4.90 Å². The zero-order valence-electron chi connectivity index (χ0n) is 5.09. The third kappa shape index (κ3) is 1.21. The fourth-order valence-electron chi connectivity index (χ4n) is 0.760. The first kappa shape index (κ1) is 5.58. The van der Waals surface area contributed by atoms with Gasteiger partial charge in [0.15, 0.2) is 0 Å². The summed E-state index contributed by atoms with van der Waals surface area (Å²) in [6.45, 7) is 4.49. The molecule has 0 radical (unpaired) electrons. The van der Waals surface area contributed by atoms with E-state index < -0.39 is 0 Å². The smallest absolute Gasteiger partial charge is 0.0638 e. The third-order valence-electron chi connectivity index (χ3n) is 1.49. The van der Waals surface area contributed by atoms with Gasteiger partial charge in [0.25, 0.3) is 0 Å². The molecule has 0 unspecified atom stereocenters. The van der Waals surface area contributed by atoms with Crippen LogP contribution in [0.3, 0.4) is 0 Å². The molecule has 2 heteroatoms. The monoisotopic (exact) mass is 110 g/mol. The van der Waals surface area contributed by atoms with E-state index >= 15 is 0 Å². The van der Waals surface area contributed by atoms with Gasteiger partial charge in [-0.25, -0.2) is 0 Å². The number of nitriles is 1. The van der Waals surface area contributed by atoms with Gasteiger partial charge in [0.1, 0.15) is 0 Å². The normalized spacial score (nSPS) is 22.0. The SMILES string of the molecule is C[C@H](CC#N)N1CC1. The Morgan fingerprint density at radius 1 is 1.75 bits per heavy atom. The lowest BCUT2D eigenvalue weighted by molar-refractivity contribution is 0.434. The first-order chi connectivity index (χ1) is 3.84. The van der Waals surface area contributed by atoms with Crippen molar-refractivity contribution in [3.8, 4) is 6.07 Å². The van der Waals surface area contributed by atoms with Gasteiger partial charge in [-0.1, -0.05) is 0 Å². The molecule has 2 nitrogen and oxygen atoms in total. The van der Waals surface area contributed by atoms with Crippen LogP contribution in [0, 0.1) is 11.3 Å². The molecular formula is C6H10N2. The molecule has 1 heterocycles. The number of rotatable bonds is 2. The highest BCUT2D eigenvalue weighted by molar-refractivity contribution is 4.85. The first-order valence-corrected chi connectivity index (χ1v) is 2.95. The van der Waals surface area contributed by atoms with Gasteiger partial charge in [-0.05, 0) is 6.92 Å². The zero-order valence-corrected chi connectivity index (χ0v) is 5.09. The van der Waals surface area contributed by atoms with Gasteiger partial charge in [-0.2, -0.15) is 5.26 Å². The lowest BCUT2D eigenvalue weighted by Crippen LogP contribution is -2.12. The van der Waals surface area contributed by atoms with Crippen molar-refractivity contribution in [3.63, 3.8) is 0 Å². The van der Waals surface area contributed by atoms with Crippen molar-refractivity contribution in [3.05, 3.63) is 0 Å². The quantitative estimate of drug-likeness (QED) is 0.487. The van der Waals surface area contributed by atoms with E-state index in [1.54, 1.807) is 0 Å². The van der Waals surface area contributed by atoms with Gasteiger partial charge < -0.3 is 0 Å². The van der Waals surface area contributed by atoms with E-state index in [9.17, 15) is 0 Å². The Kier molecular flexibility index (Phi) is 1.50. The minimum Gasteiger partial charge on any atom is -0.297 e. The highest BCUT2D eigenvalue weighted by Crippen LogP contribution is 2.11. The molecule has 1 saturated heterocycles. The largest absolute Gasteiger partial charge is 0.297 e. The topological polar surface area (TPSA) is 26.8 Å². The van der Waals surface area contributed by atoms with Crippen LogP contribution in [0.1, 0.15) is 13.3 Å². The predicted molar refractivity (Wildman–Crippen MR) is 31.3 cm³/mol. The minimum absolute atomic E-state index is 0.500. The average Bonchev–Trinajstić information content (AvgIpc) is 2.45. The lowest BCUT2D eigenvalue weighted by atomic mass is 10.3. The van der Waals surface area contributed by atoms with Crippen molar-refractivity contribution >= 4 is 0 Å². The Balaban J connectivity index is 2.15. The van der Waals surface area contributed by atoms with Crippen molar-refractivity contribution < 1.29 is 0 Å². The summed E-state index contributed by atoms with van der Waals surface area (Å²) in [4.78, 5) is 2.28. The van der Waals surface area contributed by atoms with Crippen LogP contribution in [0.4, 0.5) is 0 Å². The fourth-order valence-corrected chi connectivity index (χ4v) is 0.760. The molecule has 1 rings (SSSR count). The van der Waals surface area contributed by atoms with Crippen LogP contribution in [0.15, 0.2) is 0 Å². The predicted octanol–water partition coefficient (Wildman–Crippen LogP) is 0.604. The van der Waals surface area contributed by atoms with Crippen LogP contribution in [-0.4, -0.2) is 24.0 Å². The molecule has 8 heavy (non-hydrogen) atoms. The number of nitrogens with zero attached hydrogens (tertiary/aromatic N) is 2. The molecule has 0 bridgehead atoms. The van der Waals surface area contributed by atoms with E-state index in [0.717, 1.165) is 0 Å². The summed E-state index contributed by atoms with van der Waals surface area (Å²) < 4.78 is 0. The van der Waals surface area contributed by atoms with E-state index in [1.807, 2.05) is 0 Å². The first-order valence-electron chi connectivity index (χ1n) is 2.95. The number of hydrogen-bond donors (Lipinski definition) is 0. The molecule has 1 atom stereocenters. The Labute approximate surface area is 49.7 Å². The molecule has 1 aliphatic rings. The second kappa shape index (κ2) is 2.15. The molecule has 1 aliphatic heterocycles. The highest BCUT2D eigenvalue weighted by atomic mass is 15.3. The molecule has 0 aromatic rings. The third-order valence-corrected chi connectivity index (χ3v) is 1.49. The van der Waals surface area contributed by atoms with Gasteiger partial charge >= 0.3 is 0 Å². The molecule has 0 saturated carbocycles. The Morgan fingerprint density at radius 2 is 2.38 bits per heavy atom. The Hall–Kier alpha value is -0.550. The van der Waals surface area contributed by atoms with Crippen LogP contribution in [0.2, 0.25) is 0 Å². The molecule has 0 aromatic heterocycles. The van der Waals surface area contributed by atoms with Crippen molar-refractivity contribution in [1.29, 1.82) is 5.26 Å². The molecule has 0 spiro atoms.